The van der Waals surface area contributed by atoms with Crippen molar-refractivity contribution in [3.8, 4) is 0 Å². The average molecular weight is 389 g/mol. The van der Waals surface area contributed by atoms with E-state index in [1.54, 1.807) is 24.3 Å². The van der Waals surface area contributed by atoms with Crippen LogP contribution in [0.5, 0.6) is 0 Å². The van der Waals surface area contributed by atoms with E-state index in [2.05, 4.69) is 10.6 Å². The molecule has 0 heterocycles. The van der Waals surface area contributed by atoms with E-state index in [0.29, 0.717) is 22.5 Å². The SMILES string of the molecule is Cc1ccccc1NC(=O)c1ccccc1NC(=O)Cc1ccc([N+](=O)[O-])cc1. The van der Waals surface area contributed by atoms with Gasteiger partial charge in [0, 0.05) is 17.8 Å². The highest BCUT2D eigenvalue weighted by atomic mass is 16.6. The summed E-state index contributed by atoms with van der Waals surface area (Å²) in [6, 6.07) is 19.9. The molecule has 0 aliphatic carbocycles. The first-order valence-electron chi connectivity index (χ1n) is 8.93. The van der Waals surface area contributed by atoms with Crippen molar-refractivity contribution < 1.29 is 14.5 Å². The van der Waals surface area contributed by atoms with Crippen LogP contribution in [0, 0.1) is 17.0 Å². The van der Waals surface area contributed by atoms with Gasteiger partial charge in [-0.15, -0.1) is 0 Å². The summed E-state index contributed by atoms with van der Waals surface area (Å²) in [5.41, 5.74) is 2.96. The van der Waals surface area contributed by atoms with E-state index in [4.69, 9.17) is 0 Å². The zero-order valence-corrected chi connectivity index (χ0v) is 15.7. The van der Waals surface area contributed by atoms with Gasteiger partial charge in [-0.25, -0.2) is 0 Å². The van der Waals surface area contributed by atoms with Crippen molar-refractivity contribution in [2.45, 2.75) is 13.3 Å². The van der Waals surface area contributed by atoms with E-state index < -0.39 is 4.92 Å². The summed E-state index contributed by atoms with van der Waals surface area (Å²) in [7, 11) is 0. The third kappa shape index (κ3) is 5.04. The Morgan fingerprint density at radius 1 is 0.862 bits per heavy atom. The molecule has 0 saturated heterocycles. The number of amides is 2. The van der Waals surface area contributed by atoms with Gasteiger partial charge in [-0.1, -0.05) is 42.5 Å². The first-order valence-corrected chi connectivity index (χ1v) is 8.93. The fourth-order valence-electron chi connectivity index (χ4n) is 2.81. The molecule has 0 aliphatic heterocycles. The largest absolute Gasteiger partial charge is 0.325 e. The van der Waals surface area contributed by atoms with Crippen LogP contribution >= 0.6 is 0 Å². The summed E-state index contributed by atoms with van der Waals surface area (Å²) in [6.45, 7) is 1.90. The Morgan fingerprint density at radius 2 is 1.48 bits per heavy atom. The minimum atomic E-state index is -0.493. The van der Waals surface area contributed by atoms with Gasteiger partial charge >= 0.3 is 0 Å². The second kappa shape index (κ2) is 8.79. The predicted molar refractivity (Wildman–Crippen MR) is 111 cm³/mol. The maximum Gasteiger partial charge on any atom is 0.269 e. The number of nitro groups is 1. The van der Waals surface area contributed by atoms with E-state index in [1.807, 2.05) is 31.2 Å². The van der Waals surface area contributed by atoms with Crippen LogP contribution in [0.15, 0.2) is 72.8 Å². The summed E-state index contributed by atoms with van der Waals surface area (Å²) >= 11 is 0. The number of aryl methyl sites for hydroxylation is 1. The molecule has 0 saturated carbocycles. The molecule has 7 heteroatoms. The molecule has 146 valence electrons. The normalized spacial score (nSPS) is 10.2. The zero-order valence-electron chi connectivity index (χ0n) is 15.7. The van der Waals surface area contributed by atoms with E-state index in [9.17, 15) is 19.7 Å². The lowest BCUT2D eigenvalue weighted by Gasteiger charge is -2.12. The third-order valence-corrected chi connectivity index (χ3v) is 4.35. The van der Waals surface area contributed by atoms with Crippen LogP contribution in [0.4, 0.5) is 17.1 Å². The Labute approximate surface area is 167 Å². The highest BCUT2D eigenvalue weighted by Crippen LogP contribution is 2.20. The van der Waals surface area contributed by atoms with Crippen LogP contribution < -0.4 is 10.6 Å². The van der Waals surface area contributed by atoms with Crippen molar-refractivity contribution in [3.63, 3.8) is 0 Å². The van der Waals surface area contributed by atoms with Crippen LogP contribution in [0.25, 0.3) is 0 Å². The number of nitrogens with zero attached hydrogens (tertiary/aromatic N) is 1. The molecule has 0 aliphatic rings. The Hall–Kier alpha value is -4.00. The van der Waals surface area contributed by atoms with Gasteiger partial charge in [-0.3, -0.25) is 19.7 Å². The maximum atomic E-state index is 12.7. The molecule has 0 spiro atoms. The molecular formula is C22H19N3O4. The summed E-state index contributed by atoms with van der Waals surface area (Å²) in [5.74, 6) is -0.652. The van der Waals surface area contributed by atoms with Gasteiger partial charge < -0.3 is 10.6 Å². The molecule has 0 atom stereocenters. The Morgan fingerprint density at radius 3 is 2.14 bits per heavy atom. The highest BCUT2D eigenvalue weighted by molar-refractivity contribution is 6.10. The predicted octanol–water partition coefficient (Wildman–Crippen LogP) is 4.34. The van der Waals surface area contributed by atoms with Crippen LogP contribution in [0.1, 0.15) is 21.5 Å². The topological polar surface area (TPSA) is 101 Å². The summed E-state index contributed by atoms with van der Waals surface area (Å²) in [5, 5.41) is 16.3. The van der Waals surface area contributed by atoms with Gasteiger partial charge in [-0.2, -0.15) is 0 Å². The number of hydrogen-bond acceptors (Lipinski definition) is 4. The van der Waals surface area contributed by atoms with Crippen molar-refractivity contribution in [2.75, 3.05) is 10.6 Å². The van der Waals surface area contributed by atoms with E-state index in [1.165, 1.54) is 24.3 Å². The number of para-hydroxylation sites is 2. The molecule has 29 heavy (non-hydrogen) atoms. The molecule has 3 rings (SSSR count). The second-order valence-corrected chi connectivity index (χ2v) is 6.46. The summed E-state index contributed by atoms with van der Waals surface area (Å²) < 4.78 is 0. The molecule has 3 aromatic rings. The first-order chi connectivity index (χ1) is 13.9. The fraction of sp³-hybridized carbons (Fsp3) is 0.0909. The molecule has 0 unspecified atom stereocenters. The monoisotopic (exact) mass is 389 g/mol. The van der Waals surface area contributed by atoms with Crippen LogP contribution in [-0.2, 0) is 11.2 Å². The molecule has 2 N–H and O–H groups in total. The van der Waals surface area contributed by atoms with E-state index >= 15 is 0 Å². The van der Waals surface area contributed by atoms with Gasteiger partial charge in [0.25, 0.3) is 11.6 Å². The van der Waals surface area contributed by atoms with Crippen molar-refractivity contribution >= 4 is 28.9 Å². The quantitative estimate of drug-likeness (QED) is 0.484. The number of carbonyl (C=O) groups excluding carboxylic acids is 2. The number of anilines is 2. The number of benzene rings is 3. The standard InChI is InChI=1S/C22H19N3O4/c1-15-6-2-4-8-19(15)24-22(27)18-7-3-5-9-20(18)23-21(26)14-16-10-12-17(13-11-16)25(28)29/h2-13H,14H2,1H3,(H,23,26)(H,24,27). The lowest BCUT2D eigenvalue weighted by atomic mass is 10.1. The highest BCUT2D eigenvalue weighted by Gasteiger charge is 2.14. The molecule has 0 fully saturated rings. The minimum Gasteiger partial charge on any atom is -0.325 e. The third-order valence-electron chi connectivity index (χ3n) is 4.35. The van der Waals surface area contributed by atoms with E-state index in [0.717, 1.165) is 5.56 Å². The molecule has 0 radical (unpaired) electrons. The maximum absolute atomic E-state index is 12.7. The van der Waals surface area contributed by atoms with Crippen molar-refractivity contribution in [1.82, 2.24) is 0 Å². The first kappa shape index (κ1) is 19.8. The average Bonchev–Trinajstić information content (AvgIpc) is 2.70. The molecule has 3 aromatic carbocycles. The number of nitrogens with one attached hydrogen (secondary N) is 2. The number of nitro benzene ring substituents is 1. The fourth-order valence-corrected chi connectivity index (χ4v) is 2.81. The van der Waals surface area contributed by atoms with Crippen molar-refractivity contribution in [2.24, 2.45) is 0 Å². The Bertz CT molecular complexity index is 1060. The zero-order chi connectivity index (χ0) is 20.8. The van der Waals surface area contributed by atoms with Gasteiger partial charge in [0.05, 0.1) is 22.6 Å². The van der Waals surface area contributed by atoms with Crippen molar-refractivity contribution in [3.05, 3.63) is 99.6 Å². The van der Waals surface area contributed by atoms with Crippen LogP contribution in [0.3, 0.4) is 0 Å². The van der Waals surface area contributed by atoms with Gasteiger partial charge in [-0.05, 0) is 36.2 Å². The second-order valence-electron chi connectivity index (χ2n) is 6.46. The molecule has 7 nitrogen and oxygen atoms in total. The van der Waals surface area contributed by atoms with Crippen molar-refractivity contribution in [1.29, 1.82) is 0 Å². The molecular weight excluding hydrogens is 370 g/mol. The van der Waals surface area contributed by atoms with Gasteiger partial charge in [0.2, 0.25) is 5.91 Å². The van der Waals surface area contributed by atoms with Gasteiger partial charge in [0.1, 0.15) is 0 Å². The summed E-state index contributed by atoms with van der Waals surface area (Å²) in [4.78, 5) is 35.3. The smallest absolute Gasteiger partial charge is 0.269 e. The molecule has 2 amide bonds. The summed E-state index contributed by atoms with van der Waals surface area (Å²) in [6.07, 6.45) is 0.0335. The van der Waals surface area contributed by atoms with Gasteiger partial charge in [0.15, 0.2) is 0 Å². The number of non-ortho nitro benzene ring substituents is 1. The van der Waals surface area contributed by atoms with Crippen LogP contribution in [0.2, 0.25) is 0 Å². The number of carbonyl (C=O) groups is 2. The van der Waals surface area contributed by atoms with E-state index in [-0.39, 0.29) is 23.9 Å². The van der Waals surface area contributed by atoms with Crippen LogP contribution in [-0.4, -0.2) is 16.7 Å². The number of rotatable bonds is 6. The lowest BCUT2D eigenvalue weighted by Crippen LogP contribution is -2.19. The molecule has 0 aromatic heterocycles. The molecule has 0 bridgehead atoms. The Balaban J connectivity index is 1.71. The number of hydrogen-bond donors (Lipinski definition) is 2. The lowest BCUT2D eigenvalue weighted by molar-refractivity contribution is -0.384. The minimum absolute atomic E-state index is 0.0335. The Kier molecular flexibility index (Phi) is 5.99.